The molecule has 1 aromatic carbocycles. The fourth-order valence-corrected chi connectivity index (χ4v) is 2.67. The number of imidazole rings is 1. The number of hydrogen-bond donors (Lipinski definition) is 1. The molecule has 114 valence electrons. The number of fused-ring (bicyclic) bond motifs is 1. The maximum Gasteiger partial charge on any atom is 0.329 e. The van der Waals surface area contributed by atoms with Crippen LogP contribution in [-0.4, -0.2) is 19.1 Å². The van der Waals surface area contributed by atoms with Gasteiger partial charge in [-0.2, -0.15) is 0 Å². The molecule has 2 heterocycles. The zero-order chi connectivity index (χ0) is 15.7. The summed E-state index contributed by atoms with van der Waals surface area (Å²) in [4.78, 5) is 30.4. The Morgan fingerprint density at radius 2 is 1.77 bits per heavy atom. The van der Waals surface area contributed by atoms with Crippen LogP contribution in [0.4, 0.5) is 0 Å². The zero-order valence-corrected chi connectivity index (χ0v) is 12.7. The summed E-state index contributed by atoms with van der Waals surface area (Å²) in [5.74, 6) is 0.817. The molecule has 0 spiro atoms. The van der Waals surface area contributed by atoms with E-state index in [1.165, 1.54) is 10.1 Å². The lowest BCUT2D eigenvalue weighted by Gasteiger charge is -2.02. The maximum absolute atomic E-state index is 12.0. The van der Waals surface area contributed by atoms with E-state index in [2.05, 4.69) is 22.1 Å². The largest absolute Gasteiger partial charge is 0.329 e. The number of nitrogens with zero attached hydrogens (tertiary/aromatic N) is 3. The van der Waals surface area contributed by atoms with Crippen molar-refractivity contribution in [1.29, 1.82) is 0 Å². The normalized spacial score (nSPS) is 11.2. The number of benzene rings is 1. The Hall–Kier alpha value is -2.63. The van der Waals surface area contributed by atoms with Gasteiger partial charge in [-0.25, -0.2) is 9.78 Å². The second kappa shape index (κ2) is 5.63. The van der Waals surface area contributed by atoms with Gasteiger partial charge in [0.15, 0.2) is 11.2 Å². The molecule has 6 heteroatoms. The summed E-state index contributed by atoms with van der Waals surface area (Å²) in [5.41, 5.74) is 1.34. The van der Waals surface area contributed by atoms with Gasteiger partial charge in [-0.15, -0.1) is 0 Å². The van der Waals surface area contributed by atoms with Crippen molar-refractivity contribution >= 4 is 11.2 Å². The Bertz CT molecular complexity index is 919. The Morgan fingerprint density at radius 3 is 2.50 bits per heavy atom. The van der Waals surface area contributed by atoms with Crippen molar-refractivity contribution in [1.82, 2.24) is 19.1 Å². The lowest BCUT2D eigenvalue weighted by Crippen LogP contribution is -2.29. The highest BCUT2D eigenvalue weighted by atomic mass is 16.2. The van der Waals surface area contributed by atoms with Gasteiger partial charge in [0.25, 0.3) is 5.56 Å². The van der Waals surface area contributed by atoms with Crippen molar-refractivity contribution in [3.8, 4) is 0 Å². The molecule has 1 N–H and O–H groups in total. The van der Waals surface area contributed by atoms with Crippen molar-refractivity contribution in [3.63, 3.8) is 0 Å². The van der Waals surface area contributed by atoms with Crippen molar-refractivity contribution in [2.75, 3.05) is 0 Å². The van der Waals surface area contributed by atoms with Crippen LogP contribution in [0.25, 0.3) is 11.2 Å². The number of H-pyrrole nitrogens is 1. The quantitative estimate of drug-likeness (QED) is 0.785. The molecule has 0 atom stereocenters. The number of aromatic amines is 1. The molecule has 2 aromatic heterocycles. The van der Waals surface area contributed by atoms with E-state index in [9.17, 15) is 9.59 Å². The Balaban J connectivity index is 1.87. The first kappa shape index (κ1) is 14.3. The highest BCUT2D eigenvalue weighted by Crippen LogP contribution is 2.12. The molecule has 0 amide bonds. The first-order chi connectivity index (χ1) is 10.6. The van der Waals surface area contributed by atoms with Crippen LogP contribution >= 0.6 is 0 Å². The van der Waals surface area contributed by atoms with E-state index in [0.717, 1.165) is 25.1 Å². The van der Waals surface area contributed by atoms with E-state index in [1.807, 2.05) is 25.2 Å². The monoisotopic (exact) mass is 298 g/mol. The first-order valence-corrected chi connectivity index (χ1v) is 7.26. The van der Waals surface area contributed by atoms with Crippen LogP contribution in [0, 0.1) is 0 Å². The fraction of sp³-hybridized carbons (Fsp3) is 0.312. The van der Waals surface area contributed by atoms with Crippen molar-refractivity contribution in [2.45, 2.75) is 19.3 Å². The Labute approximate surface area is 127 Å². The summed E-state index contributed by atoms with van der Waals surface area (Å²) in [6.45, 7) is 0. The molecule has 6 nitrogen and oxygen atoms in total. The molecule has 0 saturated heterocycles. The van der Waals surface area contributed by atoms with Gasteiger partial charge in [-0.05, 0) is 18.4 Å². The van der Waals surface area contributed by atoms with E-state index in [-0.39, 0.29) is 5.56 Å². The van der Waals surface area contributed by atoms with Crippen LogP contribution in [0.15, 0.2) is 39.9 Å². The number of aryl methyl sites for hydroxylation is 4. The number of aromatic nitrogens is 4. The Kier molecular flexibility index (Phi) is 3.66. The highest BCUT2D eigenvalue weighted by Gasteiger charge is 2.14. The zero-order valence-electron chi connectivity index (χ0n) is 12.7. The van der Waals surface area contributed by atoms with Crippen LogP contribution < -0.4 is 11.2 Å². The van der Waals surface area contributed by atoms with Crippen LogP contribution in [0.3, 0.4) is 0 Å². The summed E-state index contributed by atoms with van der Waals surface area (Å²) >= 11 is 0. The van der Waals surface area contributed by atoms with Crippen molar-refractivity contribution in [3.05, 3.63) is 62.6 Å². The van der Waals surface area contributed by atoms with Crippen molar-refractivity contribution in [2.24, 2.45) is 14.1 Å². The van der Waals surface area contributed by atoms with E-state index < -0.39 is 5.69 Å². The van der Waals surface area contributed by atoms with E-state index in [4.69, 9.17) is 0 Å². The summed E-state index contributed by atoms with van der Waals surface area (Å²) < 4.78 is 3.15. The topological polar surface area (TPSA) is 72.7 Å². The molecule has 0 aliphatic rings. The molecule has 0 bridgehead atoms. The van der Waals surface area contributed by atoms with E-state index in [0.29, 0.717) is 11.2 Å². The van der Waals surface area contributed by atoms with Gasteiger partial charge in [0.05, 0.1) is 0 Å². The average Bonchev–Trinajstić information content (AvgIpc) is 2.84. The minimum atomic E-state index is -0.438. The highest BCUT2D eigenvalue weighted by molar-refractivity contribution is 5.70. The second-order valence-electron chi connectivity index (χ2n) is 5.42. The third-order valence-corrected chi connectivity index (χ3v) is 3.94. The van der Waals surface area contributed by atoms with Crippen LogP contribution in [0.2, 0.25) is 0 Å². The molecule has 0 saturated carbocycles. The third kappa shape index (κ3) is 2.47. The molecule has 0 aliphatic heterocycles. The Morgan fingerprint density at radius 1 is 1.05 bits per heavy atom. The molecule has 22 heavy (non-hydrogen) atoms. The molecular formula is C16H18N4O2. The number of nitrogens with one attached hydrogen (secondary N) is 1. The fourth-order valence-electron chi connectivity index (χ4n) is 2.67. The van der Waals surface area contributed by atoms with Crippen LogP contribution in [0.1, 0.15) is 17.8 Å². The van der Waals surface area contributed by atoms with Crippen molar-refractivity contribution < 1.29 is 0 Å². The molecule has 3 aromatic rings. The predicted octanol–water partition coefficient (Wildman–Crippen LogP) is 1.14. The van der Waals surface area contributed by atoms with Crippen LogP contribution in [-0.2, 0) is 26.9 Å². The maximum atomic E-state index is 12.0. The second-order valence-corrected chi connectivity index (χ2v) is 5.42. The summed E-state index contributed by atoms with van der Waals surface area (Å²) in [6, 6.07) is 10.3. The lowest BCUT2D eigenvalue weighted by atomic mass is 10.1. The number of rotatable bonds is 4. The molecule has 0 unspecified atom stereocenters. The van der Waals surface area contributed by atoms with Gasteiger partial charge >= 0.3 is 5.69 Å². The average molecular weight is 298 g/mol. The van der Waals surface area contributed by atoms with Crippen LogP contribution in [0.5, 0.6) is 0 Å². The minimum absolute atomic E-state index is 0.387. The summed E-state index contributed by atoms with van der Waals surface area (Å²) in [6.07, 6.45) is 2.65. The van der Waals surface area contributed by atoms with Gasteiger partial charge < -0.3 is 4.57 Å². The number of hydrogen-bond acceptors (Lipinski definition) is 3. The standard InChI is InChI=1S/C16H18N4O2/c1-19-12(10-6-9-11-7-4-3-5-8-11)17-14-13(19)15(21)18-16(22)20(14)2/h3-5,7-8H,6,9-10H2,1-2H3,(H,18,21,22). The van der Waals surface area contributed by atoms with Gasteiger partial charge in [0, 0.05) is 20.5 Å². The third-order valence-electron chi connectivity index (χ3n) is 3.94. The van der Waals surface area contributed by atoms with Gasteiger partial charge in [0.2, 0.25) is 0 Å². The molecule has 3 rings (SSSR count). The molecular weight excluding hydrogens is 280 g/mol. The SMILES string of the molecule is Cn1c(CCCc2ccccc2)nc2c1c(=O)[nH]c(=O)n2C. The molecule has 0 fully saturated rings. The summed E-state index contributed by atoms with van der Waals surface area (Å²) in [7, 11) is 3.42. The van der Waals surface area contributed by atoms with Gasteiger partial charge in [-0.3, -0.25) is 14.3 Å². The smallest absolute Gasteiger partial charge is 0.325 e. The molecule has 0 radical (unpaired) electrons. The van der Waals surface area contributed by atoms with E-state index in [1.54, 1.807) is 11.6 Å². The van der Waals surface area contributed by atoms with E-state index >= 15 is 0 Å². The minimum Gasteiger partial charge on any atom is -0.325 e. The summed E-state index contributed by atoms with van der Waals surface area (Å²) in [5, 5.41) is 0. The predicted molar refractivity (Wildman–Crippen MR) is 85.0 cm³/mol. The molecule has 0 aliphatic carbocycles. The van der Waals surface area contributed by atoms with Gasteiger partial charge in [-0.1, -0.05) is 30.3 Å². The lowest BCUT2D eigenvalue weighted by molar-refractivity contribution is 0.732. The first-order valence-electron chi connectivity index (χ1n) is 7.26. The van der Waals surface area contributed by atoms with Gasteiger partial charge in [0.1, 0.15) is 5.82 Å².